The fraction of sp³-hybridized carbons (Fsp3) is 0.381. The molecule has 0 spiro atoms. The van der Waals surface area contributed by atoms with Crippen LogP contribution in [-0.4, -0.2) is 53.5 Å². The fourth-order valence-electron chi connectivity index (χ4n) is 3.40. The largest absolute Gasteiger partial charge is 0.387 e. The third kappa shape index (κ3) is 5.69. The van der Waals surface area contributed by atoms with E-state index in [4.69, 9.17) is 5.73 Å². The van der Waals surface area contributed by atoms with E-state index < -0.39 is 11.6 Å². The molecule has 0 saturated carbocycles. The van der Waals surface area contributed by atoms with Gasteiger partial charge in [-0.15, -0.1) is 24.8 Å². The molecule has 5 nitrogen and oxygen atoms in total. The van der Waals surface area contributed by atoms with Crippen molar-refractivity contribution in [1.82, 2.24) is 9.80 Å². The maximum atomic E-state index is 12.9. The van der Waals surface area contributed by atoms with Gasteiger partial charge >= 0.3 is 0 Å². The van der Waals surface area contributed by atoms with E-state index in [1.54, 1.807) is 6.92 Å². The van der Waals surface area contributed by atoms with Gasteiger partial charge in [-0.05, 0) is 18.1 Å². The summed E-state index contributed by atoms with van der Waals surface area (Å²) in [6.45, 7) is 5.07. The number of amides is 1. The molecule has 0 aliphatic carbocycles. The third-order valence-corrected chi connectivity index (χ3v) is 5.09. The summed E-state index contributed by atoms with van der Waals surface area (Å²) in [7, 11) is 0. The molecule has 2 atom stereocenters. The second-order valence-corrected chi connectivity index (χ2v) is 7.09. The molecule has 28 heavy (non-hydrogen) atoms. The van der Waals surface area contributed by atoms with Crippen molar-refractivity contribution >= 4 is 30.7 Å². The Morgan fingerprint density at radius 2 is 1.50 bits per heavy atom. The van der Waals surface area contributed by atoms with Crippen LogP contribution in [0.2, 0.25) is 0 Å². The zero-order valence-corrected chi connectivity index (χ0v) is 17.7. The van der Waals surface area contributed by atoms with Crippen LogP contribution >= 0.6 is 24.8 Å². The number of nitrogens with two attached hydrogens (primary N) is 1. The third-order valence-electron chi connectivity index (χ3n) is 5.09. The van der Waals surface area contributed by atoms with E-state index in [0.717, 1.165) is 24.2 Å². The lowest BCUT2D eigenvalue weighted by Crippen LogP contribution is -2.57. The molecule has 3 N–H and O–H groups in total. The van der Waals surface area contributed by atoms with Crippen molar-refractivity contribution in [2.24, 2.45) is 5.73 Å². The Kier molecular flexibility index (Phi) is 9.40. The Bertz CT molecular complexity index is 721. The Balaban J connectivity index is 0.00000196. The van der Waals surface area contributed by atoms with Gasteiger partial charge in [0.1, 0.15) is 5.54 Å². The van der Waals surface area contributed by atoms with Crippen molar-refractivity contribution in [2.75, 3.05) is 32.7 Å². The minimum Gasteiger partial charge on any atom is -0.387 e. The number of carbonyl (C=O) groups excluding carboxylic acids is 1. The first-order chi connectivity index (χ1) is 12.5. The number of piperazine rings is 1. The number of aliphatic hydroxyl groups is 1. The molecule has 1 amide bonds. The first-order valence-electron chi connectivity index (χ1n) is 9.07. The van der Waals surface area contributed by atoms with E-state index in [9.17, 15) is 9.90 Å². The second-order valence-electron chi connectivity index (χ2n) is 7.09. The summed E-state index contributed by atoms with van der Waals surface area (Å²) < 4.78 is 0. The molecule has 2 aromatic rings. The van der Waals surface area contributed by atoms with Crippen LogP contribution in [0.15, 0.2) is 60.7 Å². The normalized spacial score (nSPS) is 17.6. The molecule has 0 bridgehead atoms. The SMILES string of the molecule is CC(N)(C(=O)N1CCN(CC(O)c2ccccc2)CC1)c1ccccc1.Cl.Cl. The minimum atomic E-state index is -1.02. The van der Waals surface area contributed by atoms with E-state index in [0.29, 0.717) is 19.6 Å². The highest BCUT2D eigenvalue weighted by Gasteiger charge is 2.35. The summed E-state index contributed by atoms with van der Waals surface area (Å²) in [6.07, 6.45) is -0.512. The summed E-state index contributed by atoms with van der Waals surface area (Å²) in [5.74, 6) is -0.0491. The first kappa shape index (κ1) is 24.4. The topological polar surface area (TPSA) is 69.8 Å². The van der Waals surface area contributed by atoms with Crippen molar-refractivity contribution < 1.29 is 9.90 Å². The van der Waals surface area contributed by atoms with E-state index in [1.165, 1.54) is 0 Å². The number of benzene rings is 2. The number of rotatable bonds is 5. The van der Waals surface area contributed by atoms with Gasteiger partial charge < -0.3 is 15.7 Å². The lowest BCUT2D eigenvalue weighted by Gasteiger charge is -2.39. The van der Waals surface area contributed by atoms with Crippen LogP contribution in [0.3, 0.4) is 0 Å². The molecule has 2 aromatic carbocycles. The van der Waals surface area contributed by atoms with Gasteiger partial charge in [0.15, 0.2) is 0 Å². The van der Waals surface area contributed by atoms with Crippen LogP contribution in [0, 0.1) is 0 Å². The Morgan fingerprint density at radius 3 is 2.04 bits per heavy atom. The number of halogens is 2. The Hall–Kier alpha value is -1.63. The lowest BCUT2D eigenvalue weighted by atomic mass is 9.91. The highest BCUT2D eigenvalue weighted by molar-refractivity contribution is 5.87. The van der Waals surface area contributed by atoms with Crippen LogP contribution < -0.4 is 5.73 Å². The molecule has 0 radical (unpaired) electrons. The van der Waals surface area contributed by atoms with Gasteiger partial charge in [-0.2, -0.15) is 0 Å². The molecule has 154 valence electrons. The molecule has 3 rings (SSSR count). The number of nitrogens with zero attached hydrogens (tertiary/aromatic N) is 2. The van der Waals surface area contributed by atoms with Crippen LogP contribution in [0.4, 0.5) is 0 Å². The molecule has 1 heterocycles. The van der Waals surface area contributed by atoms with Crippen LogP contribution in [0.5, 0.6) is 0 Å². The maximum Gasteiger partial charge on any atom is 0.247 e. The zero-order valence-electron chi connectivity index (χ0n) is 16.0. The van der Waals surface area contributed by atoms with Gasteiger partial charge in [-0.1, -0.05) is 60.7 Å². The van der Waals surface area contributed by atoms with Crippen molar-refractivity contribution in [3.8, 4) is 0 Å². The molecular formula is C21H29Cl2N3O2. The first-order valence-corrected chi connectivity index (χ1v) is 9.07. The summed E-state index contributed by atoms with van der Waals surface area (Å²) in [6, 6.07) is 19.2. The molecular weight excluding hydrogens is 397 g/mol. The van der Waals surface area contributed by atoms with Gasteiger partial charge in [-0.3, -0.25) is 9.69 Å². The van der Waals surface area contributed by atoms with Gasteiger partial charge in [-0.25, -0.2) is 0 Å². The van der Waals surface area contributed by atoms with Gasteiger partial charge in [0, 0.05) is 32.7 Å². The van der Waals surface area contributed by atoms with Gasteiger partial charge in [0.25, 0.3) is 0 Å². The predicted molar refractivity (Wildman–Crippen MR) is 117 cm³/mol. The van der Waals surface area contributed by atoms with E-state index in [2.05, 4.69) is 4.90 Å². The molecule has 1 saturated heterocycles. The predicted octanol–water partition coefficient (Wildman–Crippen LogP) is 2.58. The fourth-order valence-corrected chi connectivity index (χ4v) is 3.40. The van der Waals surface area contributed by atoms with Gasteiger partial charge in [0.05, 0.1) is 6.10 Å². The molecule has 0 aromatic heterocycles. The van der Waals surface area contributed by atoms with Crippen LogP contribution in [0.1, 0.15) is 24.2 Å². The summed E-state index contributed by atoms with van der Waals surface area (Å²) in [5.41, 5.74) is 7.08. The minimum absolute atomic E-state index is 0. The highest BCUT2D eigenvalue weighted by atomic mass is 35.5. The summed E-state index contributed by atoms with van der Waals surface area (Å²) in [4.78, 5) is 16.9. The number of aliphatic hydroxyl groups excluding tert-OH is 1. The number of β-amino-alcohol motifs (C(OH)–C–C–N with tert-alkyl or cyclic N) is 1. The average Bonchev–Trinajstić information content (AvgIpc) is 2.69. The molecule has 7 heteroatoms. The van der Waals surface area contributed by atoms with Crippen LogP contribution in [-0.2, 0) is 10.3 Å². The quantitative estimate of drug-likeness (QED) is 0.771. The highest BCUT2D eigenvalue weighted by Crippen LogP contribution is 2.22. The van der Waals surface area contributed by atoms with Crippen LogP contribution in [0.25, 0.3) is 0 Å². The van der Waals surface area contributed by atoms with Gasteiger partial charge in [0.2, 0.25) is 5.91 Å². The Morgan fingerprint density at radius 1 is 1.00 bits per heavy atom. The van der Waals surface area contributed by atoms with Crippen molar-refractivity contribution in [3.63, 3.8) is 0 Å². The van der Waals surface area contributed by atoms with Crippen molar-refractivity contribution in [1.29, 1.82) is 0 Å². The number of carbonyl (C=O) groups is 1. The van der Waals surface area contributed by atoms with Crippen molar-refractivity contribution in [3.05, 3.63) is 71.8 Å². The second kappa shape index (κ2) is 10.8. The number of hydrogen-bond donors (Lipinski definition) is 2. The van der Waals surface area contributed by atoms with E-state index >= 15 is 0 Å². The smallest absolute Gasteiger partial charge is 0.247 e. The molecule has 1 aliphatic heterocycles. The molecule has 2 unspecified atom stereocenters. The maximum absolute atomic E-state index is 12.9. The summed E-state index contributed by atoms with van der Waals surface area (Å²) >= 11 is 0. The number of hydrogen-bond acceptors (Lipinski definition) is 4. The average molecular weight is 426 g/mol. The Labute approximate surface area is 179 Å². The summed E-state index contributed by atoms with van der Waals surface area (Å²) in [5, 5.41) is 10.4. The standard InChI is InChI=1S/C21H27N3O2.2ClH/c1-21(22,18-10-6-3-7-11-18)20(26)24-14-12-23(13-15-24)16-19(25)17-8-4-2-5-9-17;;/h2-11,19,25H,12-16,22H2,1H3;2*1H. The monoisotopic (exact) mass is 425 g/mol. The van der Waals surface area contributed by atoms with Crippen molar-refractivity contribution in [2.45, 2.75) is 18.6 Å². The van der Waals surface area contributed by atoms with E-state index in [1.807, 2.05) is 65.6 Å². The molecule has 1 aliphatic rings. The lowest BCUT2D eigenvalue weighted by molar-refractivity contribution is -0.138. The molecule has 1 fully saturated rings. The van der Waals surface area contributed by atoms with E-state index in [-0.39, 0.29) is 30.7 Å². The zero-order chi connectivity index (χ0) is 18.6.